The van der Waals surface area contributed by atoms with Crippen molar-refractivity contribution in [1.29, 1.82) is 0 Å². The monoisotopic (exact) mass is 348 g/mol. The van der Waals surface area contributed by atoms with Gasteiger partial charge in [-0.2, -0.15) is 0 Å². The second kappa shape index (κ2) is 49.5. The standard InChI is InChI=1S/2Cu.H2O4S.7H2O/c;;1-5(2,3)4;;;;;;;/h;;(H2,1,2,3,4);7*1H2/q2*+1;;;;;;;;/p-2. The molecule has 0 aliphatic heterocycles. The molecule has 14 N–H and O–H groups in total. The summed E-state index contributed by atoms with van der Waals surface area (Å²) in [5.74, 6) is 0. The minimum Gasteiger partial charge on any atom is -0.759 e. The van der Waals surface area contributed by atoms with Crippen LogP contribution in [0.4, 0.5) is 0 Å². The molecule has 0 aliphatic carbocycles. The Morgan fingerprint density at radius 2 is 0.571 bits per heavy atom. The average molecular weight is 349 g/mol. The molecule has 11 nitrogen and oxygen atoms in total. The Morgan fingerprint density at radius 1 is 0.571 bits per heavy atom. The summed E-state index contributed by atoms with van der Waals surface area (Å²) in [5.41, 5.74) is 0. The van der Waals surface area contributed by atoms with Gasteiger partial charge < -0.3 is 47.4 Å². The van der Waals surface area contributed by atoms with Crippen molar-refractivity contribution < 1.29 is 90.0 Å². The van der Waals surface area contributed by atoms with E-state index in [2.05, 4.69) is 0 Å². The van der Waals surface area contributed by atoms with Crippen molar-refractivity contribution in [3.8, 4) is 0 Å². The number of hydrogen-bond donors (Lipinski definition) is 0. The fourth-order valence-corrected chi connectivity index (χ4v) is 0. The molecular formula is H14Cu2O11S. The predicted molar refractivity (Wildman–Crippen MR) is 35.8 cm³/mol. The summed E-state index contributed by atoms with van der Waals surface area (Å²) in [4.78, 5) is 0. The van der Waals surface area contributed by atoms with Crippen molar-refractivity contribution in [3.63, 3.8) is 0 Å². The first-order valence-electron chi connectivity index (χ1n) is 0.667. The molecule has 0 aromatic carbocycles. The Labute approximate surface area is 101 Å². The molecule has 0 aromatic rings. The molecular weight excluding hydrogens is 335 g/mol. The van der Waals surface area contributed by atoms with Gasteiger partial charge in [-0.15, -0.1) is 0 Å². The van der Waals surface area contributed by atoms with Gasteiger partial charge in [0.2, 0.25) is 0 Å². The predicted octanol–water partition coefficient (Wildman–Crippen LogP) is -7.12. The van der Waals surface area contributed by atoms with Crippen LogP contribution in [0.3, 0.4) is 0 Å². The molecule has 0 amide bonds. The minimum absolute atomic E-state index is 0. The summed E-state index contributed by atoms with van der Waals surface area (Å²) >= 11 is 0. The molecule has 14 heavy (non-hydrogen) atoms. The van der Waals surface area contributed by atoms with Gasteiger partial charge in [-0.25, -0.2) is 0 Å². The van der Waals surface area contributed by atoms with Gasteiger partial charge >= 0.3 is 34.1 Å². The van der Waals surface area contributed by atoms with Crippen LogP contribution in [0, 0.1) is 0 Å². The van der Waals surface area contributed by atoms with E-state index in [0.29, 0.717) is 0 Å². The molecule has 0 rings (SSSR count). The molecule has 0 radical (unpaired) electrons. The molecule has 0 spiro atoms. The molecule has 0 saturated carbocycles. The largest absolute Gasteiger partial charge is 1.00 e. The maximum Gasteiger partial charge on any atom is 1.00 e. The zero-order valence-corrected chi connectivity index (χ0v) is 8.84. The first-order valence-corrected chi connectivity index (χ1v) is 2.00. The van der Waals surface area contributed by atoms with Crippen LogP contribution in [-0.4, -0.2) is 55.9 Å². The van der Waals surface area contributed by atoms with Crippen LogP contribution in [-0.2, 0) is 44.5 Å². The van der Waals surface area contributed by atoms with Gasteiger partial charge in [0, 0.05) is 10.4 Å². The van der Waals surface area contributed by atoms with Gasteiger partial charge in [0.15, 0.2) is 0 Å². The van der Waals surface area contributed by atoms with Crippen molar-refractivity contribution in [2.75, 3.05) is 0 Å². The summed E-state index contributed by atoms with van der Waals surface area (Å²) in [6.07, 6.45) is 0. The van der Waals surface area contributed by atoms with Crippen LogP contribution >= 0.6 is 0 Å². The van der Waals surface area contributed by atoms with E-state index in [4.69, 9.17) is 17.5 Å². The third-order valence-electron chi connectivity index (χ3n) is 0. The maximum absolute atomic E-state index is 8.52. The van der Waals surface area contributed by atoms with E-state index in [1.165, 1.54) is 0 Å². The van der Waals surface area contributed by atoms with Crippen molar-refractivity contribution in [3.05, 3.63) is 0 Å². The molecule has 0 unspecified atom stereocenters. The van der Waals surface area contributed by atoms with E-state index in [-0.39, 0.29) is 72.5 Å². The van der Waals surface area contributed by atoms with Gasteiger partial charge in [-0.1, -0.05) is 0 Å². The quantitative estimate of drug-likeness (QED) is 0.233. The van der Waals surface area contributed by atoms with Crippen LogP contribution in [0.1, 0.15) is 0 Å². The van der Waals surface area contributed by atoms with Crippen molar-refractivity contribution in [1.82, 2.24) is 0 Å². The van der Waals surface area contributed by atoms with E-state index >= 15 is 0 Å². The van der Waals surface area contributed by atoms with Gasteiger partial charge in [-0.3, -0.25) is 8.42 Å². The van der Waals surface area contributed by atoms with Crippen LogP contribution in [0.15, 0.2) is 0 Å². The molecule has 0 saturated heterocycles. The summed E-state index contributed by atoms with van der Waals surface area (Å²) < 4.78 is 34.1. The second-order valence-corrected chi connectivity index (χ2v) is 1.22. The zero-order chi connectivity index (χ0) is 4.50. The van der Waals surface area contributed by atoms with Gasteiger partial charge in [0.05, 0.1) is 0 Å². The van der Waals surface area contributed by atoms with Gasteiger partial charge in [0.1, 0.15) is 0 Å². The Balaban J connectivity index is -0.00000000222. The molecule has 0 bridgehead atoms. The number of hydrogen-bond acceptors (Lipinski definition) is 4. The first kappa shape index (κ1) is 127. The van der Waals surface area contributed by atoms with Gasteiger partial charge in [-0.05, 0) is 0 Å². The molecule has 0 heterocycles. The maximum atomic E-state index is 8.52. The first-order chi connectivity index (χ1) is 2.00. The smallest absolute Gasteiger partial charge is 0.759 e. The summed E-state index contributed by atoms with van der Waals surface area (Å²) in [6.45, 7) is 0. The van der Waals surface area contributed by atoms with Crippen molar-refractivity contribution in [2.24, 2.45) is 0 Å². The molecule has 0 atom stereocenters. The Hall–Kier alpha value is 0.629. The average Bonchev–Trinajstić information content (AvgIpc) is 0.722. The second-order valence-electron chi connectivity index (χ2n) is 0.408. The van der Waals surface area contributed by atoms with Crippen LogP contribution in [0.25, 0.3) is 0 Å². The normalized spacial score (nSPS) is 4.14. The van der Waals surface area contributed by atoms with Gasteiger partial charge in [0.25, 0.3) is 0 Å². The van der Waals surface area contributed by atoms with Crippen LogP contribution in [0.2, 0.25) is 0 Å². The molecule has 108 valence electrons. The minimum atomic E-state index is -5.17. The van der Waals surface area contributed by atoms with E-state index in [9.17, 15) is 0 Å². The van der Waals surface area contributed by atoms with Crippen LogP contribution < -0.4 is 0 Å². The zero-order valence-electron chi connectivity index (χ0n) is 6.14. The van der Waals surface area contributed by atoms with Crippen molar-refractivity contribution >= 4 is 10.4 Å². The topological polar surface area (TPSA) is 301 Å². The molecule has 0 fully saturated rings. The summed E-state index contributed by atoms with van der Waals surface area (Å²) in [6, 6.07) is 0. The number of rotatable bonds is 0. The molecule has 0 aliphatic rings. The SMILES string of the molecule is O.O.O.O.O.O.O.O=S(=O)([O-])[O-].[Cu+].[Cu+]. The third kappa shape index (κ3) is 4320. The Bertz CT molecular complexity index is 96.5. The molecule has 0 aromatic heterocycles. The fraction of sp³-hybridized carbons (Fsp3) is 0. The van der Waals surface area contributed by atoms with E-state index in [1.54, 1.807) is 0 Å². The fourth-order valence-electron chi connectivity index (χ4n) is 0. The summed E-state index contributed by atoms with van der Waals surface area (Å²) in [7, 11) is -5.17. The Morgan fingerprint density at radius 3 is 0.571 bits per heavy atom. The van der Waals surface area contributed by atoms with E-state index in [0.717, 1.165) is 0 Å². The van der Waals surface area contributed by atoms with Crippen LogP contribution in [0.5, 0.6) is 0 Å². The summed E-state index contributed by atoms with van der Waals surface area (Å²) in [5, 5.41) is 0. The molecule has 14 heteroatoms. The van der Waals surface area contributed by atoms with E-state index < -0.39 is 10.4 Å². The van der Waals surface area contributed by atoms with E-state index in [1.807, 2.05) is 0 Å². The third-order valence-corrected chi connectivity index (χ3v) is 0. The van der Waals surface area contributed by atoms with Crippen molar-refractivity contribution in [2.45, 2.75) is 0 Å². The Kier molecular flexibility index (Phi) is 448.